The van der Waals surface area contributed by atoms with Crippen LogP contribution in [-0.4, -0.2) is 39.6 Å². The smallest absolute Gasteiger partial charge is 0.317 e. The van der Waals surface area contributed by atoms with Crippen LogP contribution in [0, 0.1) is 0 Å². The summed E-state index contributed by atoms with van der Waals surface area (Å²) < 4.78 is 1.74. The van der Waals surface area contributed by atoms with E-state index >= 15 is 0 Å². The van der Waals surface area contributed by atoms with Crippen LogP contribution in [0.5, 0.6) is 0 Å². The summed E-state index contributed by atoms with van der Waals surface area (Å²) in [6.45, 7) is 1.37. The third kappa shape index (κ3) is 3.25. The molecule has 1 saturated carbocycles. The molecule has 1 N–H and O–H groups in total. The number of rotatable bonds is 2. The van der Waals surface area contributed by atoms with Gasteiger partial charge in [-0.2, -0.15) is 0 Å². The molecule has 0 spiro atoms. The molecule has 4 rings (SSSR count). The van der Waals surface area contributed by atoms with Crippen molar-refractivity contribution in [2.45, 2.75) is 50.6 Å². The van der Waals surface area contributed by atoms with Gasteiger partial charge in [0.05, 0.1) is 17.2 Å². The van der Waals surface area contributed by atoms with Gasteiger partial charge in [-0.25, -0.2) is 9.78 Å². The second-order valence-corrected chi connectivity index (χ2v) is 7.12. The number of urea groups is 1. The van der Waals surface area contributed by atoms with Crippen molar-refractivity contribution in [1.82, 2.24) is 19.8 Å². The Bertz CT molecular complexity index is 818. The Kier molecular flexibility index (Phi) is 4.42. The van der Waals surface area contributed by atoms with Crippen LogP contribution in [0.25, 0.3) is 10.9 Å². The second-order valence-electron chi connectivity index (χ2n) is 7.12. The van der Waals surface area contributed by atoms with Crippen LogP contribution in [0.1, 0.15) is 44.6 Å². The molecular weight excluding hydrogens is 316 g/mol. The highest BCUT2D eigenvalue weighted by atomic mass is 16.2. The van der Waals surface area contributed by atoms with Gasteiger partial charge in [0.25, 0.3) is 5.56 Å². The topological polar surface area (TPSA) is 67.2 Å². The van der Waals surface area contributed by atoms with Crippen molar-refractivity contribution in [3.8, 4) is 0 Å². The molecule has 1 saturated heterocycles. The molecule has 6 heteroatoms. The first kappa shape index (κ1) is 16.1. The highest BCUT2D eigenvalue weighted by Gasteiger charge is 2.26. The number of likely N-dealkylation sites (tertiary alicyclic amines) is 1. The minimum atomic E-state index is 0.0134. The summed E-state index contributed by atoms with van der Waals surface area (Å²) in [5.41, 5.74) is 0.747. The van der Waals surface area contributed by atoms with Crippen molar-refractivity contribution in [1.29, 1.82) is 0 Å². The standard InChI is InChI=1S/C19H24N4O2/c24-18-16-7-3-4-8-17(16)20-13-23(18)15-9-11-22(12-10-15)19(25)21-14-5-1-2-6-14/h3-4,7-8,13-15H,1-2,5-6,9-12H2,(H,21,25). The number of amides is 2. The zero-order valence-electron chi connectivity index (χ0n) is 14.4. The molecule has 0 radical (unpaired) electrons. The Morgan fingerprint density at radius 2 is 1.80 bits per heavy atom. The SMILES string of the molecule is O=C(NC1CCCC1)N1CCC(n2cnc3ccccc3c2=O)CC1. The third-order valence-corrected chi connectivity index (χ3v) is 5.52. The van der Waals surface area contributed by atoms with Crippen molar-refractivity contribution < 1.29 is 4.79 Å². The zero-order valence-corrected chi connectivity index (χ0v) is 14.4. The van der Waals surface area contributed by atoms with Gasteiger partial charge in [-0.15, -0.1) is 0 Å². The Morgan fingerprint density at radius 1 is 1.08 bits per heavy atom. The minimum absolute atomic E-state index is 0.0134. The van der Waals surface area contributed by atoms with Crippen LogP contribution in [0.15, 0.2) is 35.4 Å². The van der Waals surface area contributed by atoms with Gasteiger partial charge in [0.1, 0.15) is 0 Å². The van der Waals surface area contributed by atoms with Gasteiger partial charge >= 0.3 is 6.03 Å². The number of nitrogens with one attached hydrogen (secondary N) is 1. The fraction of sp³-hybridized carbons (Fsp3) is 0.526. The number of piperidine rings is 1. The van der Waals surface area contributed by atoms with Gasteiger partial charge in [0, 0.05) is 25.2 Å². The molecule has 132 valence electrons. The van der Waals surface area contributed by atoms with Crippen LogP contribution in [-0.2, 0) is 0 Å². The van der Waals surface area contributed by atoms with Gasteiger partial charge in [-0.1, -0.05) is 25.0 Å². The van der Waals surface area contributed by atoms with E-state index in [1.54, 1.807) is 10.9 Å². The molecule has 1 aromatic carbocycles. The average molecular weight is 340 g/mol. The van der Waals surface area contributed by atoms with E-state index < -0.39 is 0 Å². The van der Waals surface area contributed by atoms with Crippen molar-refractivity contribution in [3.05, 3.63) is 40.9 Å². The molecule has 2 aromatic rings. The first-order valence-electron chi connectivity index (χ1n) is 9.24. The normalized spacial score (nSPS) is 19.4. The summed E-state index contributed by atoms with van der Waals surface area (Å²) in [6.07, 6.45) is 7.86. The highest BCUT2D eigenvalue weighted by Crippen LogP contribution is 2.23. The average Bonchev–Trinajstić information content (AvgIpc) is 3.15. The maximum atomic E-state index is 12.7. The van der Waals surface area contributed by atoms with E-state index in [1.165, 1.54) is 12.8 Å². The molecule has 1 aliphatic heterocycles. The zero-order chi connectivity index (χ0) is 17.2. The number of hydrogen-bond donors (Lipinski definition) is 1. The molecule has 0 atom stereocenters. The molecule has 2 heterocycles. The Balaban J connectivity index is 1.42. The largest absolute Gasteiger partial charge is 0.335 e. The molecule has 25 heavy (non-hydrogen) atoms. The maximum absolute atomic E-state index is 12.7. The van der Waals surface area contributed by atoms with Gasteiger partial charge in [0.15, 0.2) is 0 Å². The van der Waals surface area contributed by atoms with E-state index in [-0.39, 0.29) is 17.6 Å². The van der Waals surface area contributed by atoms with E-state index in [1.807, 2.05) is 29.2 Å². The molecule has 1 aliphatic carbocycles. The van der Waals surface area contributed by atoms with Gasteiger partial charge in [-0.05, 0) is 37.8 Å². The molecular formula is C19H24N4O2. The molecule has 2 amide bonds. The summed E-state index contributed by atoms with van der Waals surface area (Å²) in [5.74, 6) is 0. The molecule has 6 nitrogen and oxygen atoms in total. The number of hydrogen-bond acceptors (Lipinski definition) is 3. The highest BCUT2D eigenvalue weighted by molar-refractivity contribution is 5.77. The number of nitrogens with zero attached hydrogens (tertiary/aromatic N) is 3. The molecule has 2 fully saturated rings. The number of aromatic nitrogens is 2. The Labute approximate surface area is 146 Å². The molecule has 2 aliphatic rings. The predicted molar refractivity (Wildman–Crippen MR) is 96.6 cm³/mol. The lowest BCUT2D eigenvalue weighted by molar-refractivity contribution is 0.167. The molecule has 0 unspecified atom stereocenters. The Hall–Kier alpha value is -2.37. The quantitative estimate of drug-likeness (QED) is 0.914. The summed E-state index contributed by atoms with van der Waals surface area (Å²) in [4.78, 5) is 31.4. The molecule has 0 bridgehead atoms. The fourth-order valence-electron chi connectivity index (χ4n) is 4.03. The predicted octanol–water partition coefficient (Wildman–Crippen LogP) is 2.69. The van der Waals surface area contributed by atoms with E-state index in [0.29, 0.717) is 24.5 Å². The number of carbonyl (C=O) groups is 1. The second kappa shape index (κ2) is 6.86. The van der Waals surface area contributed by atoms with Crippen molar-refractivity contribution in [2.24, 2.45) is 0 Å². The third-order valence-electron chi connectivity index (χ3n) is 5.52. The van der Waals surface area contributed by atoms with E-state index in [2.05, 4.69) is 10.3 Å². The number of benzene rings is 1. The minimum Gasteiger partial charge on any atom is -0.335 e. The van der Waals surface area contributed by atoms with Crippen LogP contribution in [0.4, 0.5) is 4.79 Å². The molecule has 1 aromatic heterocycles. The van der Waals surface area contributed by atoms with Crippen LogP contribution in [0.3, 0.4) is 0 Å². The van der Waals surface area contributed by atoms with Crippen molar-refractivity contribution in [3.63, 3.8) is 0 Å². The van der Waals surface area contributed by atoms with Crippen LogP contribution in [0.2, 0.25) is 0 Å². The van der Waals surface area contributed by atoms with Gasteiger partial charge in [-0.3, -0.25) is 9.36 Å². The van der Waals surface area contributed by atoms with E-state index in [4.69, 9.17) is 0 Å². The van der Waals surface area contributed by atoms with E-state index in [0.717, 1.165) is 31.2 Å². The summed E-state index contributed by atoms with van der Waals surface area (Å²) in [5, 5.41) is 3.80. The first-order valence-corrected chi connectivity index (χ1v) is 9.24. The maximum Gasteiger partial charge on any atom is 0.317 e. The fourth-order valence-corrected chi connectivity index (χ4v) is 4.03. The van der Waals surface area contributed by atoms with Gasteiger partial charge < -0.3 is 10.2 Å². The Morgan fingerprint density at radius 3 is 2.56 bits per heavy atom. The van der Waals surface area contributed by atoms with Crippen LogP contribution < -0.4 is 10.9 Å². The lowest BCUT2D eigenvalue weighted by Gasteiger charge is -2.33. The number of carbonyl (C=O) groups excluding carboxylic acids is 1. The summed E-state index contributed by atoms with van der Waals surface area (Å²) in [6, 6.07) is 7.95. The summed E-state index contributed by atoms with van der Waals surface area (Å²) >= 11 is 0. The number of fused-ring (bicyclic) bond motifs is 1. The van der Waals surface area contributed by atoms with Gasteiger partial charge in [0.2, 0.25) is 0 Å². The lowest BCUT2D eigenvalue weighted by atomic mass is 10.0. The van der Waals surface area contributed by atoms with Crippen molar-refractivity contribution >= 4 is 16.9 Å². The van der Waals surface area contributed by atoms with Crippen molar-refractivity contribution in [2.75, 3.05) is 13.1 Å². The summed E-state index contributed by atoms with van der Waals surface area (Å²) in [7, 11) is 0. The van der Waals surface area contributed by atoms with Crippen LogP contribution >= 0.6 is 0 Å². The number of para-hydroxylation sites is 1. The monoisotopic (exact) mass is 340 g/mol. The van der Waals surface area contributed by atoms with E-state index in [9.17, 15) is 9.59 Å². The first-order chi connectivity index (χ1) is 12.2. The lowest BCUT2D eigenvalue weighted by Crippen LogP contribution is -2.48.